The third-order valence-electron chi connectivity index (χ3n) is 3.52. The summed E-state index contributed by atoms with van der Waals surface area (Å²) in [6, 6.07) is 7.85. The molecular weight excluding hydrogens is 246 g/mol. The fourth-order valence-electron chi connectivity index (χ4n) is 2.09. The van der Waals surface area contributed by atoms with E-state index < -0.39 is 0 Å². The van der Waals surface area contributed by atoms with Crippen LogP contribution in [-0.2, 0) is 0 Å². The molecule has 1 heterocycles. The van der Waals surface area contributed by atoms with Crippen LogP contribution in [0, 0.1) is 5.92 Å². The van der Waals surface area contributed by atoms with E-state index in [0.717, 1.165) is 34.8 Å². The summed E-state index contributed by atoms with van der Waals surface area (Å²) in [5, 5.41) is 5.22. The Hall–Kier alpha value is -0.990. The van der Waals surface area contributed by atoms with Crippen molar-refractivity contribution >= 4 is 22.6 Å². The van der Waals surface area contributed by atoms with E-state index in [4.69, 9.17) is 16.0 Å². The molecule has 2 nitrogen and oxygen atoms in total. The number of nitrogens with one attached hydrogen (secondary N) is 1. The van der Waals surface area contributed by atoms with Crippen LogP contribution in [0.2, 0.25) is 5.02 Å². The van der Waals surface area contributed by atoms with Crippen molar-refractivity contribution in [2.75, 3.05) is 13.1 Å². The molecule has 2 aromatic rings. The van der Waals surface area contributed by atoms with Crippen molar-refractivity contribution in [3.63, 3.8) is 0 Å². The first-order chi connectivity index (χ1) is 8.61. The van der Waals surface area contributed by atoms with Gasteiger partial charge in [-0.25, -0.2) is 0 Å². The Balaban J connectivity index is 2.19. The molecule has 0 bridgehead atoms. The van der Waals surface area contributed by atoms with Crippen LogP contribution in [-0.4, -0.2) is 13.1 Å². The summed E-state index contributed by atoms with van der Waals surface area (Å²) in [4.78, 5) is 0. The number of hydrogen-bond acceptors (Lipinski definition) is 2. The first kappa shape index (κ1) is 13.4. The Bertz CT molecular complexity index is 520. The van der Waals surface area contributed by atoms with E-state index >= 15 is 0 Å². The molecule has 0 saturated heterocycles. The molecule has 0 aliphatic rings. The lowest BCUT2D eigenvalue weighted by Crippen LogP contribution is -2.23. The van der Waals surface area contributed by atoms with Gasteiger partial charge in [0.05, 0.1) is 0 Å². The Morgan fingerprint density at radius 1 is 1.28 bits per heavy atom. The van der Waals surface area contributed by atoms with Gasteiger partial charge in [-0.1, -0.05) is 32.4 Å². The van der Waals surface area contributed by atoms with Crippen LogP contribution in [0.4, 0.5) is 0 Å². The zero-order valence-electron chi connectivity index (χ0n) is 11.2. The Morgan fingerprint density at radius 2 is 2.06 bits per heavy atom. The molecule has 0 radical (unpaired) electrons. The molecule has 1 aromatic heterocycles. The minimum absolute atomic E-state index is 0.398. The molecule has 1 N–H and O–H groups in total. The summed E-state index contributed by atoms with van der Waals surface area (Å²) in [5.41, 5.74) is 0.914. The highest BCUT2D eigenvalue weighted by Gasteiger charge is 2.18. The zero-order chi connectivity index (χ0) is 13.1. The number of halogens is 1. The van der Waals surface area contributed by atoms with Gasteiger partial charge in [0.25, 0.3) is 0 Å². The van der Waals surface area contributed by atoms with Gasteiger partial charge < -0.3 is 9.73 Å². The van der Waals surface area contributed by atoms with E-state index in [2.05, 4.69) is 32.2 Å². The molecule has 98 valence electrons. The van der Waals surface area contributed by atoms with Gasteiger partial charge in [0.2, 0.25) is 0 Å². The van der Waals surface area contributed by atoms with Gasteiger partial charge in [-0.2, -0.15) is 0 Å². The molecule has 3 heteroatoms. The topological polar surface area (TPSA) is 25.2 Å². The van der Waals surface area contributed by atoms with Gasteiger partial charge in [-0.3, -0.25) is 0 Å². The molecule has 0 aliphatic carbocycles. The van der Waals surface area contributed by atoms with Crippen molar-refractivity contribution in [1.82, 2.24) is 5.32 Å². The number of fused-ring (bicyclic) bond motifs is 1. The predicted molar refractivity (Wildman–Crippen MR) is 77.3 cm³/mol. The van der Waals surface area contributed by atoms with E-state index in [1.165, 1.54) is 0 Å². The average Bonchev–Trinajstić information content (AvgIpc) is 2.77. The van der Waals surface area contributed by atoms with E-state index in [-0.39, 0.29) is 0 Å². The molecule has 0 fully saturated rings. The summed E-state index contributed by atoms with van der Waals surface area (Å²) in [7, 11) is 0. The first-order valence-corrected chi connectivity index (χ1v) is 6.89. The molecule has 0 amide bonds. The SMILES string of the molecule is CCNCC(C)C(C)c1cc2cc(Cl)ccc2o1. The lowest BCUT2D eigenvalue weighted by Gasteiger charge is -2.17. The van der Waals surface area contributed by atoms with Gasteiger partial charge in [0.1, 0.15) is 11.3 Å². The van der Waals surface area contributed by atoms with E-state index in [1.807, 2.05) is 18.2 Å². The highest BCUT2D eigenvalue weighted by Crippen LogP contribution is 2.30. The van der Waals surface area contributed by atoms with Crippen molar-refractivity contribution < 1.29 is 4.42 Å². The van der Waals surface area contributed by atoms with Crippen LogP contribution >= 0.6 is 11.6 Å². The minimum Gasteiger partial charge on any atom is -0.461 e. The molecule has 2 rings (SSSR count). The molecule has 0 spiro atoms. The number of rotatable bonds is 5. The zero-order valence-corrected chi connectivity index (χ0v) is 11.9. The second kappa shape index (κ2) is 5.77. The van der Waals surface area contributed by atoms with E-state index in [9.17, 15) is 0 Å². The number of furan rings is 1. The summed E-state index contributed by atoms with van der Waals surface area (Å²) >= 11 is 5.99. The smallest absolute Gasteiger partial charge is 0.134 e. The Kier molecular flexibility index (Phi) is 4.31. The van der Waals surface area contributed by atoms with E-state index in [1.54, 1.807) is 0 Å². The Labute approximate surface area is 113 Å². The van der Waals surface area contributed by atoms with Crippen LogP contribution < -0.4 is 5.32 Å². The van der Waals surface area contributed by atoms with Crippen molar-refractivity contribution in [3.8, 4) is 0 Å². The highest BCUT2D eigenvalue weighted by atomic mass is 35.5. The van der Waals surface area contributed by atoms with Gasteiger partial charge >= 0.3 is 0 Å². The summed E-state index contributed by atoms with van der Waals surface area (Å²) in [6.45, 7) is 8.59. The van der Waals surface area contributed by atoms with Gasteiger partial charge in [-0.05, 0) is 43.3 Å². The maximum Gasteiger partial charge on any atom is 0.134 e. The molecule has 0 aliphatic heterocycles. The van der Waals surface area contributed by atoms with Crippen LogP contribution in [0.5, 0.6) is 0 Å². The van der Waals surface area contributed by atoms with Crippen molar-refractivity contribution in [3.05, 3.63) is 35.0 Å². The van der Waals surface area contributed by atoms with Crippen LogP contribution in [0.15, 0.2) is 28.7 Å². The Morgan fingerprint density at radius 3 is 2.78 bits per heavy atom. The minimum atomic E-state index is 0.398. The van der Waals surface area contributed by atoms with Gasteiger partial charge in [0, 0.05) is 16.3 Å². The monoisotopic (exact) mass is 265 g/mol. The fourth-order valence-corrected chi connectivity index (χ4v) is 2.27. The first-order valence-electron chi connectivity index (χ1n) is 6.51. The summed E-state index contributed by atoms with van der Waals surface area (Å²) < 4.78 is 5.90. The fraction of sp³-hybridized carbons (Fsp3) is 0.467. The number of hydrogen-bond donors (Lipinski definition) is 1. The summed E-state index contributed by atoms with van der Waals surface area (Å²) in [5.74, 6) is 1.98. The van der Waals surface area contributed by atoms with E-state index in [0.29, 0.717) is 11.8 Å². The molecule has 18 heavy (non-hydrogen) atoms. The van der Waals surface area contributed by atoms with Crippen molar-refractivity contribution in [2.24, 2.45) is 5.92 Å². The normalized spacial score (nSPS) is 14.9. The molecule has 1 aromatic carbocycles. The lowest BCUT2D eigenvalue weighted by molar-refractivity contribution is 0.394. The average molecular weight is 266 g/mol. The van der Waals surface area contributed by atoms with Crippen molar-refractivity contribution in [1.29, 1.82) is 0 Å². The van der Waals surface area contributed by atoms with Crippen LogP contribution in [0.25, 0.3) is 11.0 Å². The third-order valence-corrected chi connectivity index (χ3v) is 3.75. The van der Waals surface area contributed by atoms with Crippen LogP contribution in [0.1, 0.15) is 32.4 Å². The van der Waals surface area contributed by atoms with Crippen molar-refractivity contribution in [2.45, 2.75) is 26.7 Å². The van der Waals surface area contributed by atoms with Gasteiger partial charge in [0.15, 0.2) is 0 Å². The molecular formula is C15H20ClNO. The quantitative estimate of drug-likeness (QED) is 0.865. The standard InChI is InChI=1S/C15H20ClNO/c1-4-17-9-10(2)11(3)15-8-12-7-13(16)5-6-14(12)18-15/h5-8,10-11,17H,4,9H2,1-3H3. The lowest BCUT2D eigenvalue weighted by atomic mass is 9.93. The molecule has 0 saturated carbocycles. The molecule has 2 unspecified atom stereocenters. The predicted octanol–water partition coefficient (Wildman–Crippen LogP) is 4.44. The largest absolute Gasteiger partial charge is 0.461 e. The second-order valence-electron chi connectivity index (χ2n) is 4.90. The molecule has 2 atom stereocenters. The maximum atomic E-state index is 5.99. The highest BCUT2D eigenvalue weighted by molar-refractivity contribution is 6.31. The third kappa shape index (κ3) is 2.88. The maximum absolute atomic E-state index is 5.99. The summed E-state index contributed by atoms with van der Waals surface area (Å²) in [6.07, 6.45) is 0. The van der Waals surface area contributed by atoms with Gasteiger partial charge in [-0.15, -0.1) is 0 Å². The number of benzene rings is 1. The second-order valence-corrected chi connectivity index (χ2v) is 5.34. The van der Waals surface area contributed by atoms with Crippen LogP contribution in [0.3, 0.4) is 0 Å².